The lowest BCUT2D eigenvalue weighted by atomic mass is 10.1. The van der Waals surface area contributed by atoms with Crippen molar-refractivity contribution in [1.29, 1.82) is 0 Å². The topological polar surface area (TPSA) is 52.5 Å². The van der Waals surface area contributed by atoms with Gasteiger partial charge in [-0.15, -0.1) is 0 Å². The lowest BCUT2D eigenvalue weighted by Gasteiger charge is -2.12. The first-order chi connectivity index (χ1) is 10.7. The number of ether oxygens (including phenoxy) is 2. The Morgan fingerprint density at radius 2 is 2.00 bits per heavy atom. The smallest absolute Gasteiger partial charge is 0.255 e. The van der Waals surface area contributed by atoms with Gasteiger partial charge < -0.3 is 19.4 Å². The van der Waals surface area contributed by atoms with Crippen LogP contribution in [0.4, 0.5) is 0 Å². The van der Waals surface area contributed by atoms with E-state index >= 15 is 0 Å². The van der Waals surface area contributed by atoms with E-state index in [0.717, 1.165) is 29.1 Å². The molecule has 0 aliphatic carbocycles. The lowest BCUT2D eigenvalue weighted by molar-refractivity contribution is 0.199. The van der Waals surface area contributed by atoms with E-state index in [1.165, 1.54) is 0 Å². The van der Waals surface area contributed by atoms with E-state index in [2.05, 4.69) is 5.32 Å². The molecule has 1 aromatic carbocycles. The monoisotopic (exact) mass is 302 g/mol. The Bertz CT molecular complexity index is 680. The molecule has 118 valence electrons. The molecule has 0 bridgehead atoms. The summed E-state index contributed by atoms with van der Waals surface area (Å²) in [5.41, 5.74) is 2.57. The van der Waals surface area contributed by atoms with E-state index in [0.29, 0.717) is 13.2 Å². The summed E-state index contributed by atoms with van der Waals surface area (Å²) in [6.07, 6.45) is 0. The van der Waals surface area contributed by atoms with Crippen LogP contribution in [0.2, 0.25) is 0 Å². The zero-order valence-electron chi connectivity index (χ0n) is 13.3. The van der Waals surface area contributed by atoms with Gasteiger partial charge in [-0.25, -0.2) is 0 Å². The summed E-state index contributed by atoms with van der Waals surface area (Å²) in [7, 11) is 5.08. The molecule has 0 radical (unpaired) electrons. The quantitative estimate of drug-likeness (QED) is 0.792. The molecule has 1 aromatic heterocycles. The van der Waals surface area contributed by atoms with Gasteiger partial charge in [0.15, 0.2) is 0 Å². The first kappa shape index (κ1) is 16.3. The number of nitrogens with zero attached hydrogens (tertiary/aromatic N) is 1. The van der Waals surface area contributed by atoms with Gasteiger partial charge in [0.25, 0.3) is 5.56 Å². The molecule has 2 aromatic rings. The predicted octanol–water partition coefficient (Wildman–Crippen LogP) is 1.80. The number of hydrogen-bond acceptors (Lipinski definition) is 4. The second kappa shape index (κ2) is 7.77. The van der Waals surface area contributed by atoms with Gasteiger partial charge in [-0.2, -0.15) is 0 Å². The number of aromatic nitrogens is 1. The van der Waals surface area contributed by atoms with Crippen LogP contribution in [0.15, 0.2) is 41.2 Å². The van der Waals surface area contributed by atoms with Gasteiger partial charge >= 0.3 is 0 Å². The Morgan fingerprint density at radius 1 is 1.18 bits per heavy atom. The van der Waals surface area contributed by atoms with Crippen molar-refractivity contribution < 1.29 is 9.47 Å². The fourth-order valence-corrected chi connectivity index (χ4v) is 2.29. The fraction of sp³-hybridized carbons (Fsp3) is 0.353. The van der Waals surface area contributed by atoms with Gasteiger partial charge in [-0.05, 0) is 18.2 Å². The van der Waals surface area contributed by atoms with Crippen molar-refractivity contribution in [1.82, 2.24) is 9.88 Å². The standard InChI is InChI=1S/C17H22N2O3/c1-19-16(13-5-4-6-15(11-13)22-3)8-7-14(17(19)20)12-18-9-10-21-2/h4-8,11,18H,9-10,12H2,1-3H3. The van der Waals surface area contributed by atoms with Crippen molar-refractivity contribution in [2.75, 3.05) is 27.4 Å². The molecule has 0 aliphatic rings. The van der Waals surface area contributed by atoms with Crippen molar-refractivity contribution in [3.8, 4) is 17.0 Å². The average molecular weight is 302 g/mol. The van der Waals surface area contributed by atoms with Crippen LogP contribution in [0.5, 0.6) is 5.75 Å². The summed E-state index contributed by atoms with van der Waals surface area (Å²) in [4.78, 5) is 12.4. The van der Waals surface area contributed by atoms with E-state index in [-0.39, 0.29) is 5.56 Å². The van der Waals surface area contributed by atoms with Gasteiger partial charge in [0.1, 0.15) is 5.75 Å². The molecule has 0 saturated heterocycles. The van der Waals surface area contributed by atoms with Crippen LogP contribution in [0, 0.1) is 0 Å². The van der Waals surface area contributed by atoms with Gasteiger partial charge in [-0.3, -0.25) is 4.79 Å². The highest BCUT2D eigenvalue weighted by molar-refractivity contribution is 5.61. The molecule has 0 spiro atoms. The molecular formula is C17H22N2O3. The third-order valence-corrected chi connectivity index (χ3v) is 3.55. The fourth-order valence-electron chi connectivity index (χ4n) is 2.29. The van der Waals surface area contributed by atoms with Crippen LogP contribution in [-0.4, -0.2) is 31.9 Å². The minimum Gasteiger partial charge on any atom is -0.497 e. The lowest BCUT2D eigenvalue weighted by Crippen LogP contribution is -2.27. The number of pyridine rings is 1. The number of rotatable bonds is 7. The summed E-state index contributed by atoms with van der Waals surface area (Å²) in [5.74, 6) is 0.773. The highest BCUT2D eigenvalue weighted by Gasteiger charge is 2.08. The number of hydrogen-bond donors (Lipinski definition) is 1. The highest BCUT2D eigenvalue weighted by Crippen LogP contribution is 2.22. The summed E-state index contributed by atoms with van der Waals surface area (Å²) in [5, 5.41) is 3.19. The van der Waals surface area contributed by atoms with Crippen LogP contribution < -0.4 is 15.6 Å². The maximum atomic E-state index is 12.4. The van der Waals surface area contributed by atoms with Crippen LogP contribution in [0.25, 0.3) is 11.3 Å². The molecular weight excluding hydrogens is 280 g/mol. The van der Waals surface area contributed by atoms with E-state index in [4.69, 9.17) is 9.47 Å². The van der Waals surface area contributed by atoms with Crippen LogP contribution in [0.1, 0.15) is 5.56 Å². The molecule has 1 heterocycles. The number of methoxy groups -OCH3 is 2. The Hall–Kier alpha value is -2.11. The highest BCUT2D eigenvalue weighted by atomic mass is 16.5. The molecule has 0 saturated carbocycles. The van der Waals surface area contributed by atoms with E-state index in [1.807, 2.05) is 36.4 Å². The van der Waals surface area contributed by atoms with Crippen molar-refractivity contribution in [2.45, 2.75) is 6.54 Å². The summed E-state index contributed by atoms with van der Waals surface area (Å²) >= 11 is 0. The van der Waals surface area contributed by atoms with Crippen LogP contribution >= 0.6 is 0 Å². The molecule has 5 heteroatoms. The second-order valence-electron chi connectivity index (χ2n) is 5.01. The molecule has 22 heavy (non-hydrogen) atoms. The van der Waals surface area contributed by atoms with E-state index in [9.17, 15) is 4.79 Å². The maximum Gasteiger partial charge on any atom is 0.255 e. The average Bonchev–Trinajstić information content (AvgIpc) is 2.55. The molecule has 1 N–H and O–H groups in total. The molecule has 0 amide bonds. The van der Waals surface area contributed by atoms with Crippen molar-refractivity contribution >= 4 is 0 Å². The number of benzene rings is 1. The molecule has 0 fully saturated rings. The van der Waals surface area contributed by atoms with Gasteiger partial charge in [0, 0.05) is 38.4 Å². The third kappa shape index (κ3) is 3.75. The minimum atomic E-state index is 0.00485. The first-order valence-corrected chi connectivity index (χ1v) is 7.20. The van der Waals surface area contributed by atoms with E-state index in [1.54, 1.807) is 25.8 Å². The summed E-state index contributed by atoms with van der Waals surface area (Å²) in [6.45, 7) is 1.88. The summed E-state index contributed by atoms with van der Waals surface area (Å²) < 4.78 is 11.9. The van der Waals surface area contributed by atoms with E-state index < -0.39 is 0 Å². The Labute approximate surface area is 130 Å². The van der Waals surface area contributed by atoms with Gasteiger partial charge in [0.05, 0.1) is 19.4 Å². The Balaban J connectivity index is 2.24. The normalized spacial score (nSPS) is 10.7. The van der Waals surface area contributed by atoms with Gasteiger partial charge in [-0.1, -0.05) is 18.2 Å². The maximum absolute atomic E-state index is 12.4. The Morgan fingerprint density at radius 3 is 2.73 bits per heavy atom. The van der Waals surface area contributed by atoms with Crippen LogP contribution in [0.3, 0.4) is 0 Å². The zero-order chi connectivity index (χ0) is 15.9. The van der Waals surface area contributed by atoms with Crippen LogP contribution in [-0.2, 0) is 18.3 Å². The summed E-state index contributed by atoms with van der Waals surface area (Å²) in [6, 6.07) is 11.5. The number of nitrogens with one attached hydrogen (secondary N) is 1. The second-order valence-corrected chi connectivity index (χ2v) is 5.01. The molecule has 0 atom stereocenters. The van der Waals surface area contributed by atoms with Gasteiger partial charge in [0.2, 0.25) is 0 Å². The Kier molecular flexibility index (Phi) is 5.75. The molecule has 0 aliphatic heterocycles. The molecule has 2 rings (SSSR count). The zero-order valence-corrected chi connectivity index (χ0v) is 13.3. The predicted molar refractivity (Wildman–Crippen MR) is 87.3 cm³/mol. The van der Waals surface area contributed by atoms with Crippen molar-refractivity contribution in [3.63, 3.8) is 0 Å². The first-order valence-electron chi connectivity index (χ1n) is 7.20. The SMILES string of the molecule is COCCNCc1ccc(-c2cccc(OC)c2)n(C)c1=O. The van der Waals surface area contributed by atoms with Crippen molar-refractivity contribution in [3.05, 3.63) is 52.3 Å². The minimum absolute atomic E-state index is 0.00485. The molecule has 5 nitrogen and oxygen atoms in total. The molecule has 0 unspecified atom stereocenters. The van der Waals surface area contributed by atoms with Crippen molar-refractivity contribution in [2.24, 2.45) is 7.05 Å². The third-order valence-electron chi connectivity index (χ3n) is 3.55. The largest absolute Gasteiger partial charge is 0.497 e.